The molecule has 0 spiro atoms. The van der Waals surface area contributed by atoms with Crippen molar-refractivity contribution in [3.8, 4) is 0 Å². The standard InChI is InChI=1S/C21H27NO3/c1-21-8-5-6-18(23)19(21)15-13-16(20(24)25-2)17(12-14(15)7-9-21)22-10-3-4-11-22/h12-13,19H,3-11H2,1-2H3/t19-,21-/m0/s1. The number of aryl methyl sites for hydroxylation is 1. The SMILES string of the molecule is COC(=O)c1cc2c(cc1N1CCCC1)CC[C@]1(C)CCCC(=O)[C@H]21. The monoisotopic (exact) mass is 341 g/mol. The number of Topliss-reactive ketones (excluding diaryl/α,β-unsaturated/α-hetero) is 1. The normalized spacial score (nSPS) is 28.5. The van der Waals surface area contributed by atoms with E-state index < -0.39 is 0 Å². The van der Waals surface area contributed by atoms with E-state index in [0.29, 0.717) is 17.8 Å². The van der Waals surface area contributed by atoms with Crippen molar-refractivity contribution in [2.45, 2.75) is 57.8 Å². The molecule has 25 heavy (non-hydrogen) atoms. The summed E-state index contributed by atoms with van der Waals surface area (Å²) in [6.45, 7) is 4.23. The van der Waals surface area contributed by atoms with Gasteiger partial charge >= 0.3 is 5.97 Å². The van der Waals surface area contributed by atoms with Crippen LogP contribution < -0.4 is 4.90 Å². The lowest BCUT2D eigenvalue weighted by atomic mass is 9.58. The van der Waals surface area contributed by atoms with Crippen LogP contribution in [0.5, 0.6) is 0 Å². The minimum Gasteiger partial charge on any atom is -0.465 e. The zero-order valence-electron chi connectivity index (χ0n) is 15.3. The highest BCUT2D eigenvalue weighted by Crippen LogP contribution is 2.53. The summed E-state index contributed by atoms with van der Waals surface area (Å²) in [7, 11) is 1.44. The summed E-state index contributed by atoms with van der Waals surface area (Å²) in [5, 5.41) is 0. The van der Waals surface area contributed by atoms with E-state index in [-0.39, 0.29) is 17.3 Å². The number of benzene rings is 1. The van der Waals surface area contributed by atoms with Gasteiger partial charge in [-0.25, -0.2) is 4.79 Å². The van der Waals surface area contributed by atoms with Gasteiger partial charge in [0.15, 0.2) is 0 Å². The van der Waals surface area contributed by atoms with Crippen LogP contribution in [-0.2, 0) is 16.0 Å². The summed E-state index contributed by atoms with van der Waals surface area (Å²) in [6, 6.07) is 4.16. The first-order chi connectivity index (χ1) is 12.0. The van der Waals surface area contributed by atoms with Crippen molar-refractivity contribution in [2.75, 3.05) is 25.1 Å². The van der Waals surface area contributed by atoms with Crippen LogP contribution in [0.3, 0.4) is 0 Å². The number of ether oxygens (including phenoxy) is 1. The Morgan fingerprint density at radius 1 is 1.16 bits per heavy atom. The summed E-state index contributed by atoms with van der Waals surface area (Å²) >= 11 is 0. The van der Waals surface area contributed by atoms with Crippen molar-refractivity contribution in [1.82, 2.24) is 0 Å². The lowest BCUT2D eigenvalue weighted by Gasteiger charge is -2.45. The molecule has 1 heterocycles. The van der Waals surface area contributed by atoms with Crippen molar-refractivity contribution in [2.24, 2.45) is 5.41 Å². The molecule has 2 fully saturated rings. The average Bonchev–Trinajstić information content (AvgIpc) is 3.14. The smallest absolute Gasteiger partial charge is 0.339 e. The topological polar surface area (TPSA) is 46.6 Å². The molecular weight excluding hydrogens is 314 g/mol. The molecular formula is C21H27NO3. The van der Waals surface area contributed by atoms with Crippen molar-refractivity contribution in [1.29, 1.82) is 0 Å². The van der Waals surface area contributed by atoms with Gasteiger partial charge in [0.25, 0.3) is 0 Å². The van der Waals surface area contributed by atoms with Crippen molar-refractivity contribution in [3.63, 3.8) is 0 Å². The summed E-state index contributed by atoms with van der Waals surface area (Å²) in [5.74, 6) is 0.000655. The largest absolute Gasteiger partial charge is 0.465 e. The van der Waals surface area contributed by atoms with Gasteiger partial charge in [0.2, 0.25) is 0 Å². The molecule has 1 aliphatic heterocycles. The number of fused-ring (bicyclic) bond motifs is 3. The van der Waals surface area contributed by atoms with E-state index in [1.807, 2.05) is 6.07 Å². The molecule has 4 rings (SSSR count). The van der Waals surface area contributed by atoms with Crippen molar-refractivity contribution < 1.29 is 14.3 Å². The molecule has 1 saturated heterocycles. The molecule has 1 aromatic carbocycles. The molecule has 134 valence electrons. The summed E-state index contributed by atoms with van der Waals surface area (Å²) < 4.78 is 5.07. The number of anilines is 1. The van der Waals surface area contributed by atoms with Gasteiger partial charge in [0.1, 0.15) is 5.78 Å². The molecule has 1 aromatic rings. The zero-order valence-corrected chi connectivity index (χ0v) is 15.3. The number of hydrogen-bond acceptors (Lipinski definition) is 4. The lowest BCUT2D eigenvalue weighted by molar-refractivity contribution is -0.126. The molecule has 0 radical (unpaired) electrons. The highest BCUT2D eigenvalue weighted by molar-refractivity contribution is 5.97. The maximum atomic E-state index is 12.8. The lowest BCUT2D eigenvalue weighted by Crippen LogP contribution is -2.39. The Kier molecular flexibility index (Phi) is 4.09. The number of carbonyl (C=O) groups excluding carboxylic acids is 2. The first-order valence-corrected chi connectivity index (χ1v) is 9.56. The Balaban J connectivity index is 1.85. The molecule has 0 bridgehead atoms. The number of hydrogen-bond donors (Lipinski definition) is 0. The van der Waals surface area contributed by atoms with Crippen LogP contribution in [0.25, 0.3) is 0 Å². The van der Waals surface area contributed by atoms with Gasteiger partial charge in [0.05, 0.1) is 18.4 Å². The van der Waals surface area contributed by atoms with E-state index in [1.54, 1.807) is 0 Å². The first-order valence-electron chi connectivity index (χ1n) is 9.56. The number of nitrogens with zero attached hydrogens (tertiary/aromatic N) is 1. The van der Waals surface area contributed by atoms with Crippen LogP contribution in [0.2, 0.25) is 0 Å². The second-order valence-corrected chi connectivity index (χ2v) is 8.16. The summed E-state index contributed by atoms with van der Waals surface area (Å²) in [6.07, 6.45) is 7.15. The van der Waals surface area contributed by atoms with Crippen LogP contribution in [0.15, 0.2) is 12.1 Å². The maximum Gasteiger partial charge on any atom is 0.339 e. The second kappa shape index (κ2) is 6.15. The molecule has 0 unspecified atom stereocenters. The highest BCUT2D eigenvalue weighted by Gasteiger charge is 2.46. The average molecular weight is 341 g/mol. The number of methoxy groups -OCH3 is 1. The summed E-state index contributed by atoms with van der Waals surface area (Å²) in [4.78, 5) is 27.5. The molecule has 0 amide bonds. The predicted octanol–water partition coefficient (Wildman–Crippen LogP) is 3.86. The Morgan fingerprint density at radius 2 is 1.92 bits per heavy atom. The molecule has 2 atom stereocenters. The number of rotatable bonds is 2. The van der Waals surface area contributed by atoms with Crippen LogP contribution in [-0.4, -0.2) is 32.0 Å². The fraction of sp³-hybridized carbons (Fsp3) is 0.619. The minimum atomic E-state index is -0.291. The molecule has 0 aromatic heterocycles. The maximum absolute atomic E-state index is 12.8. The van der Waals surface area contributed by atoms with E-state index in [0.717, 1.165) is 62.9 Å². The van der Waals surface area contributed by atoms with Crippen LogP contribution in [0, 0.1) is 5.41 Å². The Morgan fingerprint density at radius 3 is 2.64 bits per heavy atom. The molecule has 3 aliphatic rings. The van der Waals surface area contributed by atoms with E-state index in [1.165, 1.54) is 12.7 Å². The fourth-order valence-corrected chi connectivity index (χ4v) is 5.21. The quantitative estimate of drug-likeness (QED) is 0.766. The molecule has 4 heteroatoms. The van der Waals surface area contributed by atoms with E-state index in [9.17, 15) is 9.59 Å². The van der Waals surface area contributed by atoms with Gasteiger partial charge in [-0.2, -0.15) is 0 Å². The third-order valence-corrected chi connectivity index (χ3v) is 6.58. The fourth-order valence-electron chi connectivity index (χ4n) is 5.21. The van der Waals surface area contributed by atoms with Crippen LogP contribution in [0.4, 0.5) is 5.69 Å². The minimum absolute atomic E-state index is 0.0465. The van der Waals surface area contributed by atoms with Gasteiger partial charge in [0, 0.05) is 25.4 Å². The molecule has 0 N–H and O–H groups in total. The number of ketones is 1. The van der Waals surface area contributed by atoms with Crippen molar-refractivity contribution >= 4 is 17.4 Å². The predicted molar refractivity (Wildman–Crippen MR) is 97.3 cm³/mol. The molecule has 4 nitrogen and oxygen atoms in total. The van der Waals surface area contributed by atoms with Crippen LogP contribution in [0.1, 0.15) is 72.9 Å². The van der Waals surface area contributed by atoms with Gasteiger partial charge in [-0.3, -0.25) is 4.79 Å². The van der Waals surface area contributed by atoms with Gasteiger partial charge in [-0.1, -0.05) is 6.92 Å². The number of carbonyl (C=O) groups is 2. The Hall–Kier alpha value is -1.84. The molecule has 2 aliphatic carbocycles. The van der Waals surface area contributed by atoms with Crippen molar-refractivity contribution in [3.05, 3.63) is 28.8 Å². The highest BCUT2D eigenvalue weighted by atomic mass is 16.5. The number of esters is 1. The van der Waals surface area contributed by atoms with Crippen LogP contribution >= 0.6 is 0 Å². The first kappa shape index (κ1) is 16.6. The second-order valence-electron chi connectivity index (χ2n) is 8.16. The zero-order chi connectivity index (χ0) is 17.6. The summed E-state index contributed by atoms with van der Waals surface area (Å²) in [5.41, 5.74) is 4.01. The van der Waals surface area contributed by atoms with E-state index in [2.05, 4.69) is 17.9 Å². The third kappa shape index (κ3) is 2.66. The van der Waals surface area contributed by atoms with Gasteiger partial charge in [-0.05, 0) is 67.2 Å². The van der Waals surface area contributed by atoms with Gasteiger partial charge < -0.3 is 9.64 Å². The Bertz CT molecular complexity index is 720. The Labute approximate surface area is 149 Å². The van der Waals surface area contributed by atoms with E-state index >= 15 is 0 Å². The van der Waals surface area contributed by atoms with Gasteiger partial charge in [-0.15, -0.1) is 0 Å². The molecule has 1 saturated carbocycles. The van der Waals surface area contributed by atoms with E-state index in [4.69, 9.17) is 4.74 Å². The third-order valence-electron chi connectivity index (χ3n) is 6.58.